The summed E-state index contributed by atoms with van der Waals surface area (Å²) in [4.78, 5) is 10.8. The van der Waals surface area contributed by atoms with Crippen molar-refractivity contribution in [1.29, 1.82) is 0 Å². The molecule has 3 heterocycles. The van der Waals surface area contributed by atoms with Crippen LogP contribution in [0.4, 0.5) is 17.6 Å². The SMILES string of the molecule is CCCCC(CC)COc1ccc(-c2nc3c(-c4ccc(Br)s4)c(F)c(F)c(-c4ccc(Br)s4)c3nc2-c2ccc(OCC(CC)CCCC)c(F)c2)cc1F. The van der Waals surface area contributed by atoms with Crippen molar-refractivity contribution in [3.05, 3.63) is 91.5 Å². The standard InChI is InChI=1S/C44H44Br2F4N2O2S2/c1-5-9-11-25(7-3)23-53-31-15-13-27(21-29(31)47)41-42(28-14-16-32(30(48)22-28)54-24-26(8-4)12-10-6-2)52-44-38(34-18-20-36(46)56-34)40(50)39(49)37(43(44)51-41)33-17-19-35(45)55-33/h13-22,25-26H,5-12,23-24H2,1-4H3. The van der Waals surface area contributed by atoms with Gasteiger partial charge in [-0.05, 0) is 117 Å². The summed E-state index contributed by atoms with van der Waals surface area (Å²) in [5, 5.41) is 0. The number of aromatic nitrogens is 2. The van der Waals surface area contributed by atoms with E-state index in [4.69, 9.17) is 19.4 Å². The Morgan fingerprint density at radius 3 is 1.32 bits per heavy atom. The van der Waals surface area contributed by atoms with Crippen molar-refractivity contribution >= 4 is 65.6 Å². The zero-order valence-corrected chi connectivity index (χ0v) is 36.6. The number of benzene rings is 3. The summed E-state index contributed by atoms with van der Waals surface area (Å²) >= 11 is 9.33. The zero-order valence-electron chi connectivity index (χ0n) is 31.8. The van der Waals surface area contributed by atoms with Crippen LogP contribution in [0.3, 0.4) is 0 Å². The molecule has 0 saturated heterocycles. The van der Waals surface area contributed by atoms with Gasteiger partial charge < -0.3 is 9.47 Å². The van der Waals surface area contributed by atoms with Crippen LogP contribution in [0.25, 0.3) is 54.4 Å². The first-order valence-corrected chi connectivity index (χ1v) is 22.4. The Morgan fingerprint density at radius 1 is 0.589 bits per heavy atom. The molecule has 4 nitrogen and oxygen atoms in total. The fourth-order valence-electron chi connectivity index (χ4n) is 6.70. The van der Waals surface area contributed by atoms with Gasteiger partial charge in [0.25, 0.3) is 0 Å². The van der Waals surface area contributed by atoms with Crippen LogP contribution in [0.2, 0.25) is 0 Å². The first-order valence-electron chi connectivity index (χ1n) is 19.2. The number of ether oxygens (including phenoxy) is 2. The van der Waals surface area contributed by atoms with E-state index in [1.807, 2.05) is 0 Å². The fourth-order valence-corrected chi connectivity index (χ4v) is 9.55. The van der Waals surface area contributed by atoms with Crippen LogP contribution in [-0.4, -0.2) is 23.2 Å². The Hall–Kier alpha value is -3.32. The number of fused-ring (bicyclic) bond motifs is 1. The van der Waals surface area contributed by atoms with E-state index in [1.54, 1.807) is 48.5 Å². The van der Waals surface area contributed by atoms with Crippen molar-refractivity contribution in [2.24, 2.45) is 11.8 Å². The number of nitrogens with zero attached hydrogens (tertiary/aromatic N) is 2. The first-order chi connectivity index (χ1) is 27.1. The lowest BCUT2D eigenvalue weighted by Gasteiger charge is -2.18. The van der Waals surface area contributed by atoms with Gasteiger partial charge in [-0.1, -0.05) is 66.2 Å². The highest BCUT2D eigenvalue weighted by Gasteiger charge is 2.28. The van der Waals surface area contributed by atoms with Gasteiger partial charge in [0.05, 0.1) is 43.3 Å². The molecule has 6 aromatic rings. The van der Waals surface area contributed by atoms with E-state index in [9.17, 15) is 0 Å². The molecule has 0 aliphatic carbocycles. The Morgan fingerprint density at radius 2 is 1.00 bits per heavy atom. The number of halogens is 6. The monoisotopic (exact) mass is 930 g/mol. The minimum Gasteiger partial charge on any atom is -0.490 e. The van der Waals surface area contributed by atoms with Crippen LogP contribution in [0.15, 0.2) is 68.2 Å². The molecule has 0 aliphatic heterocycles. The maximum absolute atomic E-state index is 16.4. The molecule has 56 heavy (non-hydrogen) atoms. The second-order valence-corrected chi connectivity index (χ2v) is 18.9. The summed E-state index contributed by atoms with van der Waals surface area (Å²) in [7, 11) is 0. The molecule has 0 radical (unpaired) electrons. The molecular weight excluding hydrogens is 888 g/mol. The first kappa shape index (κ1) is 42.3. The number of unbranched alkanes of at least 4 members (excludes halogenated alkanes) is 2. The van der Waals surface area contributed by atoms with Gasteiger partial charge >= 0.3 is 0 Å². The number of hydrogen-bond acceptors (Lipinski definition) is 6. The van der Waals surface area contributed by atoms with E-state index in [0.717, 1.165) is 51.4 Å². The summed E-state index contributed by atoms with van der Waals surface area (Å²) in [6.07, 6.45) is 8.09. The van der Waals surface area contributed by atoms with Gasteiger partial charge in [0.1, 0.15) is 11.0 Å². The van der Waals surface area contributed by atoms with Crippen LogP contribution >= 0.6 is 54.5 Å². The second-order valence-electron chi connectivity index (χ2n) is 13.9. The molecule has 0 saturated carbocycles. The van der Waals surface area contributed by atoms with Gasteiger partial charge in [-0.2, -0.15) is 0 Å². The molecule has 0 fully saturated rings. The van der Waals surface area contributed by atoms with Crippen molar-refractivity contribution in [2.75, 3.05) is 13.2 Å². The highest BCUT2D eigenvalue weighted by Crippen LogP contribution is 2.46. The Labute approximate surface area is 351 Å². The molecule has 0 amide bonds. The molecule has 3 aromatic heterocycles. The van der Waals surface area contributed by atoms with Crippen LogP contribution in [0, 0.1) is 35.1 Å². The Balaban J connectivity index is 1.54. The van der Waals surface area contributed by atoms with Crippen molar-refractivity contribution in [3.63, 3.8) is 0 Å². The Bertz CT molecular complexity index is 2140. The van der Waals surface area contributed by atoms with E-state index in [-0.39, 0.29) is 45.0 Å². The van der Waals surface area contributed by atoms with Gasteiger partial charge in [-0.25, -0.2) is 27.5 Å². The fraction of sp³-hybridized carbons (Fsp3) is 0.364. The number of rotatable bonds is 18. The molecule has 6 rings (SSSR count). The van der Waals surface area contributed by atoms with E-state index in [1.165, 1.54) is 34.8 Å². The molecule has 0 spiro atoms. The smallest absolute Gasteiger partial charge is 0.170 e. The van der Waals surface area contributed by atoms with Crippen molar-refractivity contribution in [2.45, 2.75) is 79.1 Å². The molecular formula is C44H44Br2F4N2O2S2. The quantitative estimate of drug-likeness (QED) is 0.0806. The van der Waals surface area contributed by atoms with Gasteiger partial charge in [-0.3, -0.25) is 0 Å². The lowest BCUT2D eigenvalue weighted by Crippen LogP contribution is -2.12. The van der Waals surface area contributed by atoms with Gasteiger partial charge in [0.2, 0.25) is 0 Å². The van der Waals surface area contributed by atoms with Crippen LogP contribution < -0.4 is 9.47 Å². The van der Waals surface area contributed by atoms with E-state index < -0.39 is 23.3 Å². The van der Waals surface area contributed by atoms with Crippen molar-refractivity contribution < 1.29 is 27.0 Å². The molecule has 0 bridgehead atoms. The minimum atomic E-state index is -1.08. The lowest BCUT2D eigenvalue weighted by atomic mass is 9.99. The summed E-state index contributed by atoms with van der Waals surface area (Å²) in [6, 6.07) is 15.9. The molecule has 0 N–H and O–H groups in total. The van der Waals surface area contributed by atoms with Crippen molar-refractivity contribution in [3.8, 4) is 54.9 Å². The van der Waals surface area contributed by atoms with Crippen molar-refractivity contribution in [1.82, 2.24) is 9.97 Å². The molecule has 3 aromatic carbocycles. The van der Waals surface area contributed by atoms with E-state index >= 15 is 17.6 Å². The average Bonchev–Trinajstić information content (AvgIpc) is 3.83. The molecule has 12 heteroatoms. The molecule has 2 atom stereocenters. The topological polar surface area (TPSA) is 44.2 Å². The predicted octanol–water partition coefficient (Wildman–Crippen LogP) is 15.7. The van der Waals surface area contributed by atoms with Gasteiger partial charge in [0, 0.05) is 20.9 Å². The van der Waals surface area contributed by atoms with Crippen LogP contribution in [-0.2, 0) is 0 Å². The van der Waals surface area contributed by atoms with E-state index in [2.05, 4.69) is 59.6 Å². The highest BCUT2D eigenvalue weighted by atomic mass is 79.9. The summed E-state index contributed by atoms with van der Waals surface area (Å²) in [6.45, 7) is 9.23. The highest BCUT2D eigenvalue weighted by molar-refractivity contribution is 9.11. The molecule has 296 valence electrons. The largest absolute Gasteiger partial charge is 0.490 e. The summed E-state index contributed by atoms with van der Waals surface area (Å²) < 4.78 is 78.1. The second kappa shape index (κ2) is 19.4. The maximum atomic E-state index is 16.4. The Kier molecular flexibility index (Phi) is 14.7. The van der Waals surface area contributed by atoms with Gasteiger partial charge in [0.15, 0.2) is 34.8 Å². The predicted molar refractivity (Wildman–Crippen MR) is 230 cm³/mol. The van der Waals surface area contributed by atoms with Crippen LogP contribution in [0.1, 0.15) is 79.1 Å². The summed E-state index contributed by atoms with van der Waals surface area (Å²) in [5.41, 5.74) is 0.957. The third kappa shape index (κ3) is 9.51. The third-order valence-electron chi connectivity index (χ3n) is 10.1. The maximum Gasteiger partial charge on any atom is 0.170 e. The van der Waals surface area contributed by atoms with E-state index in [0.29, 0.717) is 53.5 Å². The molecule has 2 unspecified atom stereocenters. The minimum absolute atomic E-state index is 0.0746. The zero-order chi connectivity index (χ0) is 39.9. The number of thiophene rings is 2. The normalized spacial score (nSPS) is 12.7. The molecule has 0 aliphatic rings. The van der Waals surface area contributed by atoms with Gasteiger partial charge in [-0.15, -0.1) is 22.7 Å². The van der Waals surface area contributed by atoms with Crippen LogP contribution in [0.5, 0.6) is 11.5 Å². The summed E-state index contributed by atoms with van der Waals surface area (Å²) in [5.74, 6) is -2.61. The lowest BCUT2D eigenvalue weighted by molar-refractivity contribution is 0.225. The number of hydrogen-bond donors (Lipinski definition) is 0. The average molecular weight is 933 g/mol. The third-order valence-corrected chi connectivity index (χ3v) is 13.4.